The highest BCUT2D eigenvalue weighted by Crippen LogP contribution is 2.34. The lowest BCUT2D eigenvalue weighted by Crippen LogP contribution is -2.28. The van der Waals surface area contributed by atoms with Gasteiger partial charge in [0.2, 0.25) is 0 Å². The lowest BCUT2D eigenvalue weighted by atomic mass is 9.88. The monoisotopic (exact) mass is 248 g/mol. The minimum absolute atomic E-state index is 0.228. The molecule has 2 heterocycles. The van der Waals surface area contributed by atoms with Gasteiger partial charge in [0.1, 0.15) is 5.82 Å². The van der Waals surface area contributed by atoms with Crippen LogP contribution in [0.25, 0.3) is 0 Å². The molecule has 1 aromatic heterocycles. The molecule has 1 aromatic rings. The first-order chi connectivity index (χ1) is 8.75. The molecule has 1 aliphatic carbocycles. The Labute approximate surface area is 107 Å². The van der Waals surface area contributed by atoms with Gasteiger partial charge in [0.25, 0.3) is 0 Å². The average Bonchev–Trinajstić information content (AvgIpc) is 2.82. The topological polar surface area (TPSA) is 55.1 Å². The molecular weight excluding hydrogens is 228 g/mol. The van der Waals surface area contributed by atoms with Gasteiger partial charge in [0.05, 0.1) is 5.92 Å². The average molecular weight is 248 g/mol. The Morgan fingerprint density at radius 3 is 2.78 bits per heavy atom. The summed E-state index contributed by atoms with van der Waals surface area (Å²) in [5, 5.41) is 9.17. The van der Waals surface area contributed by atoms with E-state index in [9.17, 15) is 4.79 Å². The van der Waals surface area contributed by atoms with Crippen LogP contribution in [0.5, 0.6) is 0 Å². The predicted octanol–water partition coefficient (Wildman–Crippen LogP) is 2.58. The number of carboxylic acids is 1. The molecule has 18 heavy (non-hydrogen) atoms. The number of imidazole rings is 1. The summed E-state index contributed by atoms with van der Waals surface area (Å²) in [6.45, 7) is 0.622. The van der Waals surface area contributed by atoms with Crippen LogP contribution in [0.2, 0.25) is 0 Å². The fourth-order valence-corrected chi connectivity index (χ4v) is 3.36. The molecular formula is C14H20N2O2. The van der Waals surface area contributed by atoms with Crippen molar-refractivity contribution in [3.8, 4) is 0 Å². The maximum absolute atomic E-state index is 11.1. The third-order valence-corrected chi connectivity index (χ3v) is 4.44. The maximum Gasteiger partial charge on any atom is 0.308 e. The molecule has 1 saturated carbocycles. The molecule has 4 heteroatoms. The number of fused-ring (bicyclic) bond motifs is 1. The number of hydrogen-bond donors (Lipinski definition) is 1. The van der Waals surface area contributed by atoms with Gasteiger partial charge in [0.15, 0.2) is 0 Å². The minimum Gasteiger partial charge on any atom is -0.481 e. The van der Waals surface area contributed by atoms with Crippen LogP contribution in [0.3, 0.4) is 0 Å². The molecule has 0 aromatic carbocycles. The van der Waals surface area contributed by atoms with Gasteiger partial charge in [-0.25, -0.2) is 4.98 Å². The minimum atomic E-state index is -0.663. The van der Waals surface area contributed by atoms with Crippen molar-refractivity contribution in [1.29, 1.82) is 0 Å². The molecule has 1 unspecified atom stereocenters. The van der Waals surface area contributed by atoms with Gasteiger partial charge in [-0.15, -0.1) is 0 Å². The highest BCUT2D eigenvalue weighted by molar-refractivity contribution is 5.70. The SMILES string of the molecule is O=C(O)C1CCc2cnc(C3CCCCC3)n2C1. The smallest absolute Gasteiger partial charge is 0.308 e. The molecule has 0 amide bonds. The fraction of sp³-hybridized carbons (Fsp3) is 0.714. The van der Waals surface area contributed by atoms with Crippen LogP contribution in [0.4, 0.5) is 0 Å². The number of carboxylic acid groups (broad SMARTS) is 1. The van der Waals surface area contributed by atoms with Gasteiger partial charge in [-0.1, -0.05) is 19.3 Å². The van der Waals surface area contributed by atoms with E-state index >= 15 is 0 Å². The molecule has 4 nitrogen and oxygen atoms in total. The second kappa shape index (κ2) is 4.75. The molecule has 1 aliphatic heterocycles. The van der Waals surface area contributed by atoms with Crippen LogP contribution < -0.4 is 0 Å². The Balaban J connectivity index is 1.84. The van der Waals surface area contributed by atoms with Crippen molar-refractivity contribution >= 4 is 5.97 Å². The van der Waals surface area contributed by atoms with Crippen LogP contribution in [0.15, 0.2) is 6.20 Å². The Hall–Kier alpha value is -1.32. The zero-order chi connectivity index (χ0) is 12.5. The molecule has 1 atom stereocenters. The summed E-state index contributed by atoms with van der Waals surface area (Å²) in [6, 6.07) is 0. The molecule has 0 saturated heterocycles. The summed E-state index contributed by atoms with van der Waals surface area (Å²) >= 11 is 0. The van der Waals surface area contributed by atoms with Crippen molar-refractivity contribution in [2.75, 3.05) is 0 Å². The molecule has 0 spiro atoms. The van der Waals surface area contributed by atoms with Crippen LogP contribution >= 0.6 is 0 Å². The molecule has 2 aliphatic rings. The third-order valence-electron chi connectivity index (χ3n) is 4.44. The summed E-state index contributed by atoms with van der Waals surface area (Å²) in [7, 11) is 0. The number of rotatable bonds is 2. The highest BCUT2D eigenvalue weighted by atomic mass is 16.4. The maximum atomic E-state index is 11.1. The van der Waals surface area contributed by atoms with E-state index in [1.54, 1.807) is 0 Å². The van der Waals surface area contributed by atoms with E-state index in [0.29, 0.717) is 12.5 Å². The van der Waals surface area contributed by atoms with Crippen LogP contribution in [-0.2, 0) is 17.8 Å². The van der Waals surface area contributed by atoms with Crippen molar-refractivity contribution < 1.29 is 9.90 Å². The molecule has 3 rings (SSSR count). The molecule has 98 valence electrons. The zero-order valence-electron chi connectivity index (χ0n) is 10.6. The van der Waals surface area contributed by atoms with Gasteiger partial charge in [-0.05, 0) is 25.7 Å². The number of aromatic nitrogens is 2. The predicted molar refractivity (Wildman–Crippen MR) is 67.5 cm³/mol. The Morgan fingerprint density at radius 1 is 1.28 bits per heavy atom. The first-order valence-corrected chi connectivity index (χ1v) is 7.03. The van der Waals surface area contributed by atoms with E-state index in [1.165, 1.54) is 37.8 Å². The first kappa shape index (κ1) is 11.8. The summed E-state index contributed by atoms with van der Waals surface area (Å²) in [5.74, 6) is 0.814. The fourth-order valence-electron chi connectivity index (χ4n) is 3.36. The van der Waals surface area contributed by atoms with Crippen molar-refractivity contribution in [3.63, 3.8) is 0 Å². The number of aryl methyl sites for hydroxylation is 1. The number of aliphatic carboxylic acids is 1. The Morgan fingerprint density at radius 2 is 2.06 bits per heavy atom. The number of carbonyl (C=O) groups is 1. The highest BCUT2D eigenvalue weighted by Gasteiger charge is 2.29. The lowest BCUT2D eigenvalue weighted by molar-refractivity contribution is -0.142. The summed E-state index contributed by atoms with van der Waals surface area (Å²) in [6.07, 6.45) is 9.92. The van der Waals surface area contributed by atoms with Gasteiger partial charge in [-0.3, -0.25) is 4.79 Å². The first-order valence-electron chi connectivity index (χ1n) is 7.03. The van der Waals surface area contributed by atoms with Crippen molar-refractivity contribution in [1.82, 2.24) is 9.55 Å². The van der Waals surface area contributed by atoms with Crippen molar-refractivity contribution in [2.24, 2.45) is 5.92 Å². The standard InChI is InChI=1S/C14H20N2O2/c17-14(18)11-6-7-12-8-15-13(16(12)9-11)10-4-2-1-3-5-10/h8,10-11H,1-7,9H2,(H,17,18). The van der Waals surface area contributed by atoms with Gasteiger partial charge < -0.3 is 9.67 Å². The largest absolute Gasteiger partial charge is 0.481 e. The van der Waals surface area contributed by atoms with Crippen molar-refractivity contribution in [2.45, 2.75) is 57.4 Å². The second-order valence-corrected chi connectivity index (χ2v) is 5.63. The van der Waals surface area contributed by atoms with E-state index < -0.39 is 5.97 Å². The Kier molecular flexibility index (Phi) is 3.10. The second-order valence-electron chi connectivity index (χ2n) is 5.63. The molecule has 1 fully saturated rings. The zero-order valence-corrected chi connectivity index (χ0v) is 10.6. The van der Waals surface area contributed by atoms with Crippen molar-refractivity contribution in [3.05, 3.63) is 17.7 Å². The van der Waals surface area contributed by atoms with Crippen LogP contribution in [0, 0.1) is 5.92 Å². The number of nitrogens with zero attached hydrogens (tertiary/aromatic N) is 2. The summed E-state index contributed by atoms with van der Waals surface area (Å²) in [5.41, 5.74) is 1.23. The van der Waals surface area contributed by atoms with Crippen LogP contribution in [0.1, 0.15) is 56.0 Å². The lowest BCUT2D eigenvalue weighted by Gasteiger charge is -2.27. The van der Waals surface area contributed by atoms with E-state index in [0.717, 1.165) is 18.7 Å². The normalized spacial score (nSPS) is 24.8. The van der Waals surface area contributed by atoms with Gasteiger partial charge in [0, 0.05) is 24.4 Å². The summed E-state index contributed by atoms with van der Waals surface area (Å²) in [4.78, 5) is 15.7. The van der Waals surface area contributed by atoms with Gasteiger partial charge in [-0.2, -0.15) is 0 Å². The van der Waals surface area contributed by atoms with E-state index in [-0.39, 0.29) is 5.92 Å². The molecule has 0 radical (unpaired) electrons. The van der Waals surface area contributed by atoms with E-state index in [4.69, 9.17) is 5.11 Å². The molecule has 1 N–H and O–H groups in total. The summed E-state index contributed by atoms with van der Waals surface area (Å²) < 4.78 is 2.19. The quantitative estimate of drug-likeness (QED) is 0.875. The Bertz CT molecular complexity index is 447. The van der Waals surface area contributed by atoms with Crippen LogP contribution in [-0.4, -0.2) is 20.6 Å². The van der Waals surface area contributed by atoms with Gasteiger partial charge >= 0.3 is 5.97 Å². The van der Waals surface area contributed by atoms with E-state index in [1.807, 2.05) is 6.20 Å². The van der Waals surface area contributed by atoms with E-state index in [2.05, 4.69) is 9.55 Å². The molecule has 0 bridgehead atoms. The number of hydrogen-bond acceptors (Lipinski definition) is 2. The third kappa shape index (κ3) is 2.04.